The Balaban J connectivity index is 2.05. The predicted octanol–water partition coefficient (Wildman–Crippen LogP) is 2.73. The van der Waals surface area contributed by atoms with Crippen molar-refractivity contribution < 1.29 is 9.53 Å². The van der Waals surface area contributed by atoms with Crippen LogP contribution in [0.1, 0.15) is 30.9 Å². The molecular weight excluding hydrogens is 266 g/mol. The Kier molecular flexibility index (Phi) is 5.11. The molecule has 1 unspecified atom stereocenters. The van der Waals surface area contributed by atoms with E-state index >= 15 is 0 Å². The lowest BCUT2D eigenvalue weighted by atomic mass is 10.1. The minimum Gasteiger partial charge on any atom is -0.371 e. The second kappa shape index (κ2) is 7.04. The van der Waals surface area contributed by atoms with Crippen molar-refractivity contribution in [3.05, 3.63) is 47.7 Å². The first-order valence-corrected chi connectivity index (χ1v) is 7.02. The SMILES string of the molecule is COC(Cc1ccccc1)C(=O)Nc1[nH]ncc1C(C)C. The summed E-state index contributed by atoms with van der Waals surface area (Å²) in [5.41, 5.74) is 2.05. The largest absolute Gasteiger partial charge is 0.371 e. The van der Waals surface area contributed by atoms with Crippen molar-refractivity contribution in [2.24, 2.45) is 0 Å². The number of benzene rings is 1. The lowest BCUT2D eigenvalue weighted by Gasteiger charge is -2.16. The van der Waals surface area contributed by atoms with Gasteiger partial charge in [-0.25, -0.2) is 0 Å². The number of methoxy groups -OCH3 is 1. The molecule has 1 aromatic carbocycles. The van der Waals surface area contributed by atoms with Gasteiger partial charge in [0.15, 0.2) is 0 Å². The molecule has 0 bridgehead atoms. The molecule has 0 spiro atoms. The third kappa shape index (κ3) is 3.92. The molecule has 5 nitrogen and oxygen atoms in total. The molecular formula is C16H21N3O2. The molecule has 0 radical (unpaired) electrons. The van der Waals surface area contributed by atoms with Gasteiger partial charge in [0.25, 0.3) is 5.91 Å². The van der Waals surface area contributed by atoms with Crippen molar-refractivity contribution in [3.63, 3.8) is 0 Å². The molecule has 1 heterocycles. The number of H-pyrrole nitrogens is 1. The lowest BCUT2D eigenvalue weighted by molar-refractivity contribution is -0.125. The summed E-state index contributed by atoms with van der Waals surface area (Å²) in [5.74, 6) is 0.756. The fourth-order valence-electron chi connectivity index (χ4n) is 2.15. The number of nitrogens with one attached hydrogen (secondary N) is 2. The molecule has 2 N–H and O–H groups in total. The molecule has 0 saturated heterocycles. The monoisotopic (exact) mass is 287 g/mol. The van der Waals surface area contributed by atoms with Crippen LogP contribution >= 0.6 is 0 Å². The van der Waals surface area contributed by atoms with Crippen molar-refractivity contribution in [1.29, 1.82) is 0 Å². The molecule has 21 heavy (non-hydrogen) atoms. The number of nitrogens with zero attached hydrogens (tertiary/aromatic N) is 1. The number of anilines is 1. The van der Waals surface area contributed by atoms with Gasteiger partial charge in [-0.3, -0.25) is 9.89 Å². The number of aromatic nitrogens is 2. The van der Waals surface area contributed by atoms with Crippen LogP contribution in [-0.2, 0) is 16.0 Å². The molecule has 1 amide bonds. The van der Waals surface area contributed by atoms with Crippen molar-refractivity contribution in [2.45, 2.75) is 32.3 Å². The van der Waals surface area contributed by atoms with Crippen LogP contribution in [0.2, 0.25) is 0 Å². The van der Waals surface area contributed by atoms with E-state index in [1.807, 2.05) is 30.3 Å². The first kappa shape index (κ1) is 15.3. The minimum atomic E-state index is -0.532. The zero-order valence-electron chi connectivity index (χ0n) is 12.6. The summed E-state index contributed by atoms with van der Waals surface area (Å²) in [4.78, 5) is 12.3. The average molecular weight is 287 g/mol. The smallest absolute Gasteiger partial charge is 0.254 e. The maximum absolute atomic E-state index is 12.3. The fourth-order valence-corrected chi connectivity index (χ4v) is 2.15. The van der Waals surface area contributed by atoms with Crippen molar-refractivity contribution in [1.82, 2.24) is 10.2 Å². The number of hydrogen-bond acceptors (Lipinski definition) is 3. The average Bonchev–Trinajstić information content (AvgIpc) is 2.94. The van der Waals surface area contributed by atoms with E-state index in [9.17, 15) is 4.79 Å². The standard InChI is InChI=1S/C16H21N3O2/c1-11(2)13-10-17-19-15(13)18-16(20)14(21-3)9-12-7-5-4-6-8-12/h4-8,10-11,14H,9H2,1-3H3,(H2,17,18,19,20). The van der Waals surface area contributed by atoms with Gasteiger partial charge in [-0.05, 0) is 11.5 Å². The van der Waals surface area contributed by atoms with Crippen LogP contribution in [0.15, 0.2) is 36.5 Å². The highest BCUT2D eigenvalue weighted by Crippen LogP contribution is 2.21. The van der Waals surface area contributed by atoms with Gasteiger partial charge >= 0.3 is 0 Å². The third-order valence-corrected chi connectivity index (χ3v) is 3.38. The van der Waals surface area contributed by atoms with Crippen LogP contribution in [0.4, 0.5) is 5.82 Å². The molecule has 1 atom stereocenters. The summed E-state index contributed by atoms with van der Waals surface area (Å²) in [6.07, 6.45) is 1.74. The molecule has 0 aliphatic carbocycles. The van der Waals surface area contributed by atoms with Gasteiger partial charge in [0.2, 0.25) is 0 Å². The van der Waals surface area contributed by atoms with E-state index in [1.54, 1.807) is 13.3 Å². The highest BCUT2D eigenvalue weighted by atomic mass is 16.5. The van der Waals surface area contributed by atoms with Gasteiger partial charge in [-0.1, -0.05) is 44.2 Å². The topological polar surface area (TPSA) is 67.0 Å². The van der Waals surface area contributed by atoms with Gasteiger partial charge in [0.05, 0.1) is 6.20 Å². The maximum atomic E-state index is 12.3. The number of carbonyl (C=O) groups excluding carboxylic acids is 1. The Labute approximate surface area is 124 Å². The van der Waals surface area contributed by atoms with Gasteiger partial charge in [-0.15, -0.1) is 0 Å². The van der Waals surface area contributed by atoms with Gasteiger partial charge in [-0.2, -0.15) is 5.10 Å². The van der Waals surface area contributed by atoms with E-state index in [1.165, 1.54) is 0 Å². The summed E-state index contributed by atoms with van der Waals surface area (Å²) in [7, 11) is 1.55. The number of amides is 1. The number of ether oxygens (including phenoxy) is 1. The molecule has 5 heteroatoms. The van der Waals surface area contributed by atoms with Gasteiger partial charge in [0.1, 0.15) is 11.9 Å². The Morgan fingerprint density at radius 1 is 1.33 bits per heavy atom. The number of hydrogen-bond donors (Lipinski definition) is 2. The first-order chi connectivity index (χ1) is 10.1. The number of aromatic amines is 1. The van der Waals surface area contributed by atoms with E-state index in [2.05, 4.69) is 29.4 Å². The minimum absolute atomic E-state index is 0.174. The summed E-state index contributed by atoms with van der Waals surface area (Å²) < 4.78 is 5.32. The Bertz CT molecular complexity index is 578. The summed E-state index contributed by atoms with van der Waals surface area (Å²) in [5, 5.41) is 9.67. The quantitative estimate of drug-likeness (QED) is 0.858. The van der Waals surface area contributed by atoms with E-state index in [0.29, 0.717) is 12.2 Å². The van der Waals surface area contributed by atoms with E-state index in [-0.39, 0.29) is 11.8 Å². The molecule has 2 rings (SSSR count). The highest BCUT2D eigenvalue weighted by Gasteiger charge is 2.20. The van der Waals surface area contributed by atoms with Gasteiger partial charge in [0, 0.05) is 19.1 Å². The van der Waals surface area contributed by atoms with Crippen LogP contribution in [0.25, 0.3) is 0 Å². The van der Waals surface area contributed by atoms with Crippen molar-refractivity contribution >= 4 is 11.7 Å². The zero-order valence-corrected chi connectivity index (χ0v) is 12.6. The normalized spacial score (nSPS) is 12.4. The molecule has 2 aromatic rings. The van der Waals surface area contributed by atoms with Crippen LogP contribution in [0, 0.1) is 0 Å². The molecule has 1 aromatic heterocycles. The van der Waals surface area contributed by atoms with Crippen LogP contribution < -0.4 is 5.32 Å². The number of rotatable bonds is 6. The summed E-state index contributed by atoms with van der Waals surface area (Å²) in [6, 6.07) is 9.81. The highest BCUT2D eigenvalue weighted by molar-refractivity contribution is 5.94. The van der Waals surface area contributed by atoms with Gasteiger partial charge < -0.3 is 10.1 Å². The summed E-state index contributed by atoms with van der Waals surface area (Å²) in [6.45, 7) is 4.11. The molecule has 0 saturated carbocycles. The molecule has 0 aliphatic heterocycles. The lowest BCUT2D eigenvalue weighted by Crippen LogP contribution is -2.32. The molecule has 0 fully saturated rings. The van der Waals surface area contributed by atoms with Crippen LogP contribution in [0.5, 0.6) is 0 Å². The molecule has 0 aliphatic rings. The maximum Gasteiger partial charge on any atom is 0.254 e. The fraction of sp³-hybridized carbons (Fsp3) is 0.375. The Hall–Kier alpha value is -2.14. The van der Waals surface area contributed by atoms with Crippen LogP contribution in [0.3, 0.4) is 0 Å². The predicted molar refractivity (Wildman–Crippen MR) is 82.2 cm³/mol. The van der Waals surface area contributed by atoms with E-state index < -0.39 is 6.10 Å². The summed E-state index contributed by atoms with van der Waals surface area (Å²) >= 11 is 0. The third-order valence-electron chi connectivity index (χ3n) is 3.38. The second-order valence-electron chi connectivity index (χ2n) is 5.26. The van der Waals surface area contributed by atoms with E-state index in [0.717, 1.165) is 11.1 Å². The van der Waals surface area contributed by atoms with Crippen LogP contribution in [-0.4, -0.2) is 29.3 Å². The zero-order chi connectivity index (χ0) is 15.2. The van der Waals surface area contributed by atoms with Crippen molar-refractivity contribution in [2.75, 3.05) is 12.4 Å². The Morgan fingerprint density at radius 3 is 2.67 bits per heavy atom. The molecule has 112 valence electrons. The van der Waals surface area contributed by atoms with Crippen molar-refractivity contribution in [3.8, 4) is 0 Å². The number of carbonyl (C=O) groups is 1. The second-order valence-corrected chi connectivity index (χ2v) is 5.26. The van der Waals surface area contributed by atoms with E-state index in [4.69, 9.17) is 4.74 Å². The first-order valence-electron chi connectivity index (χ1n) is 7.02. The Morgan fingerprint density at radius 2 is 2.05 bits per heavy atom.